The van der Waals surface area contributed by atoms with Crippen LogP contribution in [0.4, 0.5) is 5.82 Å². The highest BCUT2D eigenvalue weighted by Gasteiger charge is 2.38. The molecule has 15 heteroatoms. The molecule has 0 unspecified atom stereocenters. The van der Waals surface area contributed by atoms with E-state index in [1.165, 1.54) is 12.1 Å². The minimum Gasteiger partial charge on any atom is -0.382 e. The van der Waals surface area contributed by atoms with Crippen molar-refractivity contribution in [3.8, 4) is 22.5 Å². The van der Waals surface area contributed by atoms with E-state index in [-0.39, 0.29) is 30.3 Å². The van der Waals surface area contributed by atoms with Crippen molar-refractivity contribution in [1.29, 1.82) is 0 Å². The fraction of sp³-hybridized carbons (Fsp3) is 0.176. The number of aromatic nitrogens is 6. The molecule has 0 atom stereocenters. The van der Waals surface area contributed by atoms with Crippen molar-refractivity contribution in [2.75, 3.05) is 18.8 Å². The van der Waals surface area contributed by atoms with Crippen LogP contribution in [0.1, 0.15) is 0 Å². The van der Waals surface area contributed by atoms with E-state index < -0.39 is 34.9 Å². The molecule has 3 aromatic heterocycles. The number of nitrogens with one attached hydrogen (secondary N) is 2. The second-order valence-corrected chi connectivity index (χ2v) is 10.9. The third-order valence-corrected chi connectivity index (χ3v) is 8.56. The summed E-state index contributed by atoms with van der Waals surface area (Å²) in [6.45, 7) is 0.417. The first kappa shape index (κ1) is 20.5. The Labute approximate surface area is 181 Å². The van der Waals surface area contributed by atoms with Gasteiger partial charge in [-0.1, -0.05) is 6.07 Å². The summed E-state index contributed by atoms with van der Waals surface area (Å²) in [5.41, 5.74) is 6.99. The van der Waals surface area contributed by atoms with Gasteiger partial charge in [0.25, 0.3) is 0 Å². The lowest BCUT2D eigenvalue weighted by Crippen LogP contribution is -2.51. The van der Waals surface area contributed by atoms with Crippen LogP contribution in [0.25, 0.3) is 28.2 Å². The second-order valence-electron chi connectivity index (χ2n) is 7.25. The highest BCUT2D eigenvalue weighted by atomic mass is 32.2. The van der Waals surface area contributed by atoms with E-state index in [2.05, 4.69) is 30.9 Å². The van der Waals surface area contributed by atoms with Crippen molar-refractivity contribution in [3.63, 3.8) is 0 Å². The predicted octanol–water partition coefficient (Wildman–Crippen LogP) is -0.843. The number of H-pyrrole nitrogens is 1. The lowest BCUT2D eigenvalue weighted by Gasteiger charge is -2.28. The van der Waals surface area contributed by atoms with Crippen LogP contribution in [0.3, 0.4) is 0 Å². The molecule has 0 spiro atoms. The topological polar surface area (TPSA) is 204 Å². The van der Waals surface area contributed by atoms with Crippen molar-refractivity contribution >= 4 is 31.3 Å². The summed E-state index contributed by atoms with van der Waals surface area (Å²) < 4.78 is 53.6. The van der Waals surface area contributed by atoms with Gasteiger partial charge in [0.05, 0.1) is 21.9 Å². The van der Waals surface area contributed by atoms with Crippen LogP contribution in [0.2, 0.25) is 0 Å². The molecule has 0 amide bonds. The van der Waals surface area contributed by atoms with E-state index in [1.807, 2.05) is 0 Å². The fourth-order valence-corrected chi connectivity index (χ4v) is 6.89. The van der Waals surface area contributed by atoms with Crippen molar-refractivity contribution in [2.45, 2.75) is 15.0 Å². The maximum Gasteiger partial charge on any atom is 0.240 e. The van der Waals surface area contributed by atoms with Crippen LogP contribution < -0.4 is 16.2 Å². The zero-order valence-corrected chi connectivity index (χ0v) is 17.9. The summed E-state index contributed by atoms with van der Waals surface area (Å²) >= 11 is 0. The van der Waals surface area contributed by atoms with Crippen molar-refractivity contribution in [2.24, 2.45) is 5.14 Å². The summed E-state index contributed by atoms with van der Waals surface area (Å²) in [6.07, 6.45) is 3.32. The molecule has 32 heavy (non-hydrogen) atoms. The Bertz CT molecular complexity index is 1560. The molecule has 0 radical (unpaired) electrons. The Morgan fingerprint density at radius 3 is 2.50 bits per heavy atom. The van der Waals surface area contributed by atoms with Crippen LogP contribution in [0, 0.1) is 0 Å². The lowest BCUT2D eigenvalue weighted by molar-refractivity contribution is 0.493. The first-order valence-corrected chi connectivity index (χ1v) is 12.4. The summed E-state index contributed by atoms with van der Waals surface area (Å²) in [6, 6.07) is 6.14. The van der Waals surface area contributed by atoms with E-state index in [9.17, 15) is 16.8 Å². The number of sulfonamides is 1. The lowest BCUT2D eigenvalue weighted by atomic mass is 10.00. The summed E-state index contributed by atoms with van der Waals surface area (Å²) in [7, 11) is -8.55. The third kappa shape index (κ3) is 3.13. The van der Waals surface area contributed by atoms with Crippen LogP contribution in [-0.4, -0.2) is 65.2 Å². The molecule has 166 valence electrons. The Morgan fingerprint density at radius 1 is 1.09 bits per heavy atom. The van der Waals surface area contributed by atoms with Crippen LogP contribution in [0.5, 0.6) is 0 Å². The third-order valence-electron chi connectivity index (χ3n) is 5.27. The van der Waals surface area contributed by atoms with E-state index in [4.69, 9.17) is 10.9 Å². The number of hydrogen-bond donors (Lipinski definition) is 4. The van der Waals surface area contributed by atoms with Gasteiger partial charge in [0, 0.05) is 24.8 Å². The predicted molar refractivity (Wildman–Crippen MR) is 113 cm³/mol. The molecule has 1 aliphatic rings. The molecular weight excluding hydrogens is 458 g/mol. The summed E-state index contributed by atoms with van der Waals surface area (Å²) in [5, 5.41) is 21.0. The largest absolute Gasteiger partial charge is 0.382 e. The number of nitrogens with zero attached hydrogens (tertiary/aromatic N) is 5. The molecule has 0 saturated carbocycles. The van der Waals surface area contributed by atoms with Gasteiger partial charge < -0.3 is 15.5 Å². The van der Waals surface area contributed by atoms with Crippen molar-refractivity contribution in [3.05, 3.63) is 36.7 Å². The minimum absolute atomic E-state index is 0.0608. The standard InChI is InChI=1S/C17H17N9O4S2/c18-13-8-26-5-1-2-11(17(26)21-13)10-3-4-12(31(27,28)9-6-20-7-9)15(32(19,29)30)14(10)16-22-24-25-23-16/h1-5,8-9,20H,6-7,18H2,(H2,19,29,30)(H,22,23,24,25). The number of aromatic amines is 1. The van der Waals surface area contributed by atoms with Crippen LogP contribution in [0.15, 0.2) is 46.5 Å². The molecular formula is C17H17N9O4S2. The highest BCUT2D eigenvalue weighted by molar-refractivity contribution is 7.94. The number of nitrogen functional groups attached to an aromatic ring is 1. The van der Waals surface area contributed by atoms with Gasteiger partial charge in [-0.25, -0.2) is 32.1 Å². The van der Waals surface area contributed by atoms with Crippen molar-refractivity contribution in [1.82, 2.24) is 35.3 Å². The quantitative estimate of drug-likeness (QED) is 0.281. The molecule has 0 aliphatic carbocycles. The minimum atomic E-state index is -4.54. The van der Waals surface area contributed by atoms with Gasteiger partial charge >= 0.3 is 0 Å². The normalized spacial score (nSPS) is 15.2. The Morgan fingerprint density at radius 2 is 1.88 bits per heavy atom. The zero-order valence-electron chi connectivity index (χ0n) is 16.3. The smallest absolute Gasteiger partial charge is 0.240 e. The molecule has 1 saturated heterocycles. The Kier molecular flexibility index (Phi) is 4.52. The molecule has 0 bridgehead atoms. The molecule has 4 aromatic rings. The van der Waals surface area contributed by atoms with Crippen LogP contribution >= 0.6 is 0 Å². The molecule has 1 fully saturated rings. The van der Waals surface area contributed by atoms with Gasteiger partial charge in [-0.2, -0.15) is 0 Å². The number of fused-ring (bicyclic) bond motifs is 1. The van der Waals surface area contributed by atoms with Gasteiger partial charge in [-0.3, -0.25) is 0 Å². The maximum absolute atomic E-state index is 13.2. The first-order valence-electron chi connectivity index (χ1n) is 9.30. The number of primary sulfonamides is 1. The number of rotatable bonds is 5. The maximum atomic E-state index is 13.2. The molecule has 6 N–H and O–H groups in total. The average molecular weight is 476 g/mol. The number of nitrogens with two attached hydrogens (primary N) is 2. The Balaban J connectivity index is 1.91. The average Bonchev–Trinajstić information content (AvgIpc) is 3.32. The summed E-state index contributed by atoms with van der Waals surface area (Å²) in [4.78, 5) is 3.31. The van der Waals surface area contributed by atoms with Gasteiger partial charge in [0.15, 0.2) is 15.7 Å². The van der Waals surface area contributed by atoms with E-state index in [0.717, 1.165) is 0 Å². The number of hydrogen-bond acceptors (Lipinski definition) is 10. The van der Waals surface area contributed by atoms with Gasteiger partial charge in [-0.15, -0.1) is 5.10 Å². The van der Waals surface area contributed by atoms with Gasteiger partial charge in [0.2, 0.25) is 10.0 Å². The number of benzene rings is 1. The molecule has 13 nitrogen and oxygen atoms in total. The van der Waals surface area contributed by atoms with Crippen LogP contribution in [-0.2, 0) is 19.9 Å². The van der Waals surface area contributed by atoms with Gasteiger partial charge in [-0.05, 0) is 34.2 Å². The van der Waals surface area contributed by atoms with Gasteiger partial charge in [0.1, 0.15) is 16.4 Å². The van der Waals surface area contributed by atoms with E-state index >= 15 is 0 Å². The molecule has 4 heterocycles. The zero-order chi connectivity index (χ0) is 22.7. The number of imidazole rings is 1. The molecule has 5 rings (SSSR count). The highest BCUT2D eigenvalue weighted by Crippen LogP contribution is 2.41. The van der Waals surface area contributed by atoms with E-state index in [1.54, 1.807) is 28.9 Å². The number of pyridine rings is 1. The number of sulfone groups is 1. The fourth-order valence-electron chi connectivity index (χ4n) is 3.70. The summed E-state index contributed by atoms with van der Waals surface area (Å²) in [5.74, 6) is 0.193. The number of anilines is 1. The first-order chi connectivity index (χ1) is 15.2. The second kappa shape index (κ2) is 7.06. The van der Waals surface area contributed by atoms with E-state index in [0.29, 0.717) is 16.8 Å². The monoisotopic (exact) mass is 475 g/mol. The molecule has 1 aliphatic heterocycles. The van der Waals surface area contributed by atoms with Crippen molar-refractivity contribution < 1.29 is 16.8 Å². The molecule has 1 aromatic carbocycles. The number of tetrazole rings is 1. The Hall–Kier alpha value is -3.40. The SMILES string of the molecule is Nc1cn2cccc(-c3ccc(S(=O)(=O)C4CNC4)c(S(N)(=O)=O)c3-c3nnn[nH]3)c2n1.